The molecule has 0 amide bonds. The summed E-state index contributed by atoms with van der Waals surface area (Å²) in [5, 5.41) is 8.15. The highest BCUT2D eigenvalue weighted by Crippen LogP contribution is 2.04. The molecule has 0 spiro atoms. The highest BCUT2D eigenvalue weighted by Gasteiger charge is 1.98. The summed E-state index contributed by atoms with van der Waals surface area (Å²) < 4.78 is 0.807. The summed E-state index contributed by atoms with van der Waals surface area (Å²) in [6.07, 6.45) is 2.83. The van der Waals surface area contributed by atoms with Gasteiger partial charge < -0.3 is 0 Å². The number of hydrogen-bond donors (Lipinski definition) is 0. The van der Waals surface area contributed by atoms with Gasteiger partial charge >= 0.3 is 0 Å². The van der Waals surface area contributed by atoms with Crippen molar-refractivity contribution in [1.29, 1.82) is 0 Å². The zero-order chi connectivity index (χ0) is 8.27. The van der Waals surface area contributed by atoms with Gasteiger partial charge in [-0.15, -0.1) is 5.10 Å². The topological polar surface area (TPSA) is 30.7 Å². The molecule has 62 valence electrons. The summed E-state index contributed by atoms with van der Waals surface area (Å²) in [6, 6.07) is 0. The van der Waals surface area contributed by atoms with Gasteiger partial charge in [0, 0.05) is 0 Å². The average Bonchev–Trinajstić information content (AvgIpc) is 2.31. The van der Waals surface area contributed by atoms with Crippen molar-refractivity contribution in [3.05, 3.63) is 10.8 Å². The smallest absolute Gasteiger partial charge is 0.148 e. The van der Waals surface area contributed by atoms with Gasteiger partial charge in [0.1, 0.15) is 4.60 Å². The third-order valence-corrected chi connectivity index (χ3v) is 1.78. The molecule has 0 aliphatic rings. The maximum Gasteiger partial charge on any atom is 0.148 e. The lowest BCUT2D eigenvalue weighted by atomic mass is 10.1. The van der Waals surface area contributed by atoms with Crippen molar-refractivity contribution in [2.24, 2.45) is 5.92 Å². The highest BCUT2D eigenvalue weighted by atomic mass is 79.9. The maximum atomic E-state index is 4.10. The lowest BCUT2D eigenvalue weighted by Gasteiger charge is -2.01. The van der Waals surface area contributed by atoms with Crippen LogP contribution in [0, 0.1) is 5.92 Å². The first-order valence-corrected chi connectivity index (χ1v) is 4.53. The number of halogens is 1. The Morgan fingerprint density at radius 1 is 1.64 bits per heavy atom. The Kier molecular flexibility index (Phi) is 3.05. The lowest BCUT2D eigenvalue weighted by Crippen LogP contribution is -2.04. The SMILES string of the molecule is CC(C)CCn1ncc(Br)n1. The van der Waals surface area contributed by atoms with Gasteiger partial charge in [-0.05, 0) is 28.3 Å². The quantitative estimate of drug-likeness (QED) is 0.777. The molecule has 0 fully saturated rings. The van der Waals surface area contributed by atoms with E-state index >= 15 is 0 Å². The maximum absolute atomic E-state index is 4.10. The van der Waals surface area contributed by atoms with Gasteiger partial charge in [0.15, 0.2) is 0 Å². The van der Waals surface area contributed by atoms with Crippen LogP contribution in [0.2, 0.25) is 0 Å². The van der Waals surface area contributed by atoms with E-state index in [1.165, 1.54) is 0 Å². The van der Waals surface area contributed by atoms with Crippen LogP contribution in [-0.4, -0.2) is 15.0 Å². The van der Waals surface area contributed by atoms with E-state index in [1.807, 2.05) is 0 Å². The zero-order valence-electron chi connectivity index (χ0n) is 6.79. The van der Waals surface area contributed by atoms with E-state index in [1.54, 1.807) is 11.0 Å². The molecule has 0 N–H and O–H groups in total. The van der Waals surface area contributed by atoms with Crippen molar-refractivity contribution in [2.75, 3.05) is 0 Å². The minimum absolute atomic E-state index is 0.708. The van der Waals surface area contributed by atoms with Crippen LogP contribution in [-0.2, 0) is 6.54 Å². The summed E-state index contributed by atoms with van der Waals surface area (Å²) in [5.74, 6) is 0.708. The van der Waals surface area contributed by atoms with Crippen LogP contribution in [0.15, 0.2) is 10.8 Å². The molecular formula is C7H12BrN3. The van der Waals surface area contributed by atoms with E-state index in [-0.39, 0.29) is 0 Å². The second-order valence-electron chi connectivity index (χ2n) is 2.95. The van der Waals surface area contributed by atoms with Crippen molar-refractivity contribution in [3.63, 3.8) is 0 Å². The van der Waals surface area contributed by atoms with E-state index < -0.39 is 0 Å². The van der Waals surface area contributed by atoms with Gasteiger partial charge in [-0.2, -0.15) is 9.90 Å². The van der Waals surface area contributed by atoms with Crippen molar-refractivity contribution in [2.45, 2.75) is 26.8 Å². The molecule has 0 unspecified atom stereocenters. The largest absolute Gasteiger partial charge is 0.184 e. The Bertz CT molecular complexity index is 219. The molecule has 0 aromatic carbocycles. The molecule has 3 nitrogen and oxygen atoms in total. The number of aryl methyl sites for hydroxylation is 1. The average molecular weight is 218 g/mol. The molecule has 1 aromatic rings. The minimum atomic E-state index is 0.708. The molecule has 1 aromatic heterocycles. The standard InChI is InChI=1S/C7H12BrN3/c1-6(2)3-4-11-9-5-7(8)10-11/h5-6H,3-4H2,1-2H3. The molecule has 0 saturated heterocycles. The normalized spacial score (nSPS) is 10.9. The van der Waals surface area contributed by atoms with Crippen LogP contribution in [0.1, 0.15) is 20.3 Å². The third kappa shape index (κ3) is 3.01. The molecule has 0 bridgehead atoms. The third-order valence-electron chi connectivity index (χ3n) is 1.41. The van der Waals surface area contributed by atoms with Crippen LogP contribution in [0.25, 0.3) is 0 Å². The first kappa shape index (κ1) is 8.71. The van der Waals surface area contributed by atoms with E-state index in [2.05, 4.69) is 40.0 Å². The number of hydrogen-bond acceptors (Lipinski definition) is 2. The fourth-order valence-electron chi connectivity index (χ4n) is 0.758. The van der Waals surface area contributed by atoms with E-state index in [9.17, 15) is 0 Å². The van der Waals surface area contributed by atoms with E-state index in [0.29, 0.717) is 5.92 Å². The van der Waals surface area contributed by atoms with E-state index in [0.717, 1.165) is 17.6 Å². The molecule has 1 rings (SSSR count). The summed E-state index contributed by atoms with van der Waals surface area (Å²) in [5.41, 5.74) is 0. The Morgan fingerprint density at radius 3 is 2.82 bits per heavy atom. The molecule has 0 aliphatic carbocycles. The van der Waals surface area contributed by atoms with Crippen molar-refractivity contribution in [3.8, 4) is 0 Å². The second kappa shape index (κ2) is 3.85. The van der Waals surface area contributed by atoms with Crippen molar-refractivity contribution >= 4 is 15.9 Å². The van der Waals surface area contributed by atoms with Crippen LogP contribution in [0.5, 0.6) is 0 Å². The lowest BCUT2D eigenvalue weighted by molar-refractivity contribution is 0.448. The Morgan fingerprint density at radius 2 is 2.36 bits per heavy atom. The first-order chi connectivity index (χ1) is 5.18. The summed E-state index contributed by atoms with van der Waals surface area (Å²) in [6.45, 7) is 5.29. The van der Waals surface area contributed by atoms with Gasteiger partial charge in [0.2, 0.25) is 0 Å². The fourth-order valence-corrected chi connectivity index (χ4v) is 1.03. The summed E-state index contributed by atoms with van der Waals surface area (Å²) in [4.78, 5) is 1.71. The molecule has 0 aliphatic heterocycles. The van der Waals surface area contributed by atoms with Crippen molar-refractivity contribution in [1.82, 2.24) is 15.0 Å². The second-order valence-corrected chi connectivity index (χ2v) is 3.76. The molecular weight excluding hydrogens is 206 g/mol. The Labute approximate surface area is 74.9 Å². The van der Waals surface area contributed by atoms with E-state index in [4.69, 9.17) is 0 Å². The van der Waals surface area contributed by atoms with Crippen LogP contribution in [0.4, 0.5) is 0 Å². The van der Waals surface area contributed by atoms with Crippen molar-refractivity contribution < 1.29 is 0 Å². The van der Waals surface area contributed by atoms with Crippen LogP contribution in [0.3, 0.4) is 0 Å². The Balaban J connectivity index is 2.39. The van der Waals surface area contributed by atoms with Gasteiger partial charge in [0.25, 0.3) is 0 Å². The first-order valence-electron chi connectivity index (χ1n) is 3.74. The minimum Gasteiger partial charge on any atom is -0.184 e. The van der Waals surface area contributed by atoms with Gasteiger partial charge in [-0.25, -0.2) is 0 Å². The van der Waals surface area contributed by atoms with Gasteiger partial charge in [-0.3, -0.25) is 0 Å². The number of nitrogens with zero attached hydrogens (tertiary/aromatic N) is 3. The fraction of sp³-hybridized carbons (Fsp3) is 0.714. The van der Waals surface area contributed by atoms with Crippen LogP contribution < -0.4 is 0 Å². The predicted octanol–water partition coefficient (Wildman–Crippen LogP) is 2.09. The molecule has 0 atom stereocenters. The molecule has 0 saturated carbocycles. The van der Waals surface area contributed by atoms with Gasteiger partial charge in [0.05, 0.1) is 12.7 Å². The number of aromatic nitrogens is 3. The zero-order valence-corrected chi connectivity index (χ0v) is 8.37. The molecule has 0 radical (unpaired) electrons. The monoisotopic (exact) mass is 217 g/mol. The summed E-state index contributed by atoms with van der Waals surface area (Å²) >= 11 is 3.24. The predicted molar refractivity (Wildman–Crippen MR) is 47.2 cm³/mol. The summed E-state index contributed by atoms with van der Waals surface area (Å²) in [7, 11) is 0. The Hall–Kier alpha value is -0.380. The highest BCUT2D eigenvalue weighted by molar-refractivity contribution is 9.10. The van der Waals surface area contributed by atoms with Crippen LogP contribution >= 0.6 is 15.9 Å². The molecule has 1 heterocycles. The molecule has 11 heavy (non-hydrogen) atoms. The van der Waals surface area contributed by atoms with Gasteiger partial charge in [-0.1, -0.05) is 13.8 Å². The molecule has 4 heteroatoms. The number of rotatable bonds is 3.